The number of rotatable bonds is 5. The highest BCUT2D eigenvalue weighted by molar-refractivity contribution is 9.10. The Labute approximate surface area is 160 Å². The standard InChI is InChI=1S/C17H13BrFN3O5/c18-10-4-3-9(11(19)6-10)8-21-14(24)12-2-1-5-22(12)17(15(21)25,16(26)27)7-13(20)23/h1-6H,7-8H2,(H2,20,23)(H,26,27). The Hall–Kier alpha value is -3.01. The number of nitrogens with two attached hydrogens (primary N) is 1. The topological polar surface area (TPSA) is 123 Å². The molecular weight excluding hydrogens is 425 g/mol. The Morgan fingerprint density at radius 3 is 2.56 bits per heavy atom. The number of benzene rings is 1. The van der Waals surface area contributed by atoms with E-state index in [1.54, 1.807) is 0 Å². The molecule has 0 fully saturated rings. The number of fused-ring (bicyclic) bond motifs is 1. The Morgan fingerprint density at radius 1 is 1.26 bits per heavy atom. The van der Waals surface area contributed by atoms with Crippen LogP contribution in [0.2, 0.25) is 0 Å². The van der Waals surface area contributed by atoms with Gasteiger partial charge in [0.15, 0.2) is 0 Å². The van der Waals surface area contributed by atoms with Crippen molar-refractivity contribution in [2.75, 3.05) is 0 Å². The molecule has 3 rings (SSSR count). The van der Waals surface area contributed by atoms with Crippen LogP contribution in [0.4, 0.5) is 4.39 Å². The first-order valence-electron chi connectivity index (χ1n) is 7.68. The van der Waals surface area contributed by atoms with Crippen molar-refractivity contribution in [3.8, 4) is 0 Å². The van der Waals surface area contributed by atoms with Crippen LogP contribution < -0.4 is 5.73 Å². The number of aliphatic carboxylic acids is 1. The quantitative estimate of drug-likeness (QED) is 0.537. The minimum absolute atomic E-state index is 0.0123. The normalized spacial score (nSPS) is 19.1. The van der Waals surface area contributed by atoms with E-state index in [9.17, 15) is 28.7 Å². The van der Waals surface area contributed by atoms with Crippen LogP contribution in [-0.4, -0.2) is 38.3 Å². The van der Waals surface area contributed by atoms with Crippen LogP contribution in [0.1, 0.15) is 22.5 Å². The summed E-state index contributed by atoms with van der Waals surface area (Å²) in [6.45, 7) is -0.490. The van der Waals surface area contributed by atoms with E-state index in [2.05, 4.69) is 15.9 Å². The van der Waals surface area contributed by atoms with Crippen molar-refractivity contribution >= 4 is 39.6 Å². The summed E-state index contributed by atoms with van der Waals surface area (Å²) < 4.78 is 15.6. The fourth-order valence-electron chi connectivity index (χ4n) is 3.09. The highest BCUT2D eigenvalue weighted by Gasteiger charge is 2.57. The number of hydrogen-bond donors (Lipinski definition) is 2. The molecule has 0 saturated carbocycles. The second kappa shape index (κ2) is 6.62. The minimum atomic E-state index is -2.41. The fourth-order valence-corrected chi connectivity index (χ4v) is 3.42. The maximum absolute atomic E-state index is 14.2. The highest BCUT2D eigenvalue weighted by atomic mass is 79.9. The zero-order valence-electron chi connectivity index (χ0n) is 13.7. The number of amides is 3. The summed E-state index contributed by atoms with van der Waals surface area (Å²) in [5, 5.41) is 9.77. The van der Waals surface area contributed by atoms with Crippen molar-refractivity contribution in [2.45, 2.75) is 18.5 Å². The molecule has 1 aliphatic rings. The van der Waals surface area contributed by atoms with Gasteiger partial charge >= 0.3 is 5.97 Å². The molecule has 0 bridgehead atoms. The van der Waals surface area contributed by atoms with E-state index in [1.807, 2.05) is 0 Å². The third-order valence-electron chi connectivity index (χ3n) is 4.35. The Morgan fingerprint density at radius 2 is 1.96 bits per heavy atom. The van der Waals surface area contributed by atoms with Crippen LogP contribution in [-0.2, 0) is 26.5 Å². The predicted molar refractivity (Wildman–Crippen MR) is 92.8 cm³/mol. The van der Waals surface area contributed by atoms with Gasteiger partial charge in [0.05, 0.1) is 13.0 Å². The number of carbonyl (C=O) groups excluding carboxylic acids is 3. The van der Waals surface area contributed by atoms with Crippen LogP contribution >= 0.6 is 15.9 Å². The molecule has 0 saturated heterocycles. The first-order chi connectivity index (χ1) is 12.7. The first-order valence-corrected chi connectivity index (χ1v) is 8.47. The van der Waals surface area contributed by atoms with Crippen LogP contribution in [0, 0.1) is 5.82 Å². The van der Waals surface area contributed by atoms with Crippen molar-refractivity contribution < 1.29 is 28.7 Å². The number of nitrogens with zero attached hydrogens (tertiary/aromatic N) is 2. The molecule has 10 heteroatoms. The largest absolute Gasteiger partial charge is 0.479 e. The molecule has 1 unspecified atom stereocenters. The van der Waals surface area contributed by atoms with E-state index < -0.39 is 48.0 Å². The number of carbonyl (C=O) groups is 4. The van der Waals surface area contributed by atoms with Crippen molar-refractivity contribution in [2.24, 2.45) is 5.73 Å². The SMILES string of the molecule is NC(=O)CC1(C(=O)O)C(=O)N(Cc2ccc(Br)cc2F)C(=O)c2cccn21. The van der Waals surface area contributed by atoms with E-state index in [4.69, 9.17) is 5.73 Å². The predicted octanol–water partition coefficient (Wildman–Crippen LogP) is 1.23. The molecule has 8 nitrogen and oxygen atoms in total. The van der Waals surface area contributed by atoms with E-state index in [0.717, 1.165) is 10.6 Å². The second-order valence-electron chi connectivity index (χ2n) is 6.00. The summed E-state index contributed by atoms with van der Waals surface area (Å²) in [4.78, 5) is 49.9. The maximum atomic E-state index is 14.2. The first kappa shape index (κ1) is 18.8. The molecule has 1 aromatic carbocycles. The highest BCUT2D eigenvalue weighted by Crippen LogP contribution is 2.33. The Bertz CT molecular complexity index is 989. The van der Waals surface area contributed by atoms with Crippen LogP contribution in [0.25, 0.3) is 0 Å². The lowest BCUT2D eigenvalue weighted by Crippen LogP contribution is -2.62. The molecular formula is C17H13BrFN3O5. The summed E-state index contributed by atoms with van der Waals surface area (Å²) >= 11 is 3.11. The van der Waals surface area contributed by atoms with Crippen molar-refractivity contribution in [3.63, 3.8) is 0 Å². The summed E-state index contributed by atoms with van der Waals surface area (Å²) in [6, 6.07) is 6.74. The summed E-state index contributed by atoms with van der Waals surface area (Å²) in [5.41, 5.74) is 2.66. The van der Waals surface area contributed by atoms with Gasteiger partial charge in [-0.2, -0.15) is 0 Å². The number of carboxylic acids is 1. The van der Waals surface area contributed by atoms with Crippen LogP contribution in [0.15, 0.2) is 41.0 Å². The summed E-state index contributed by atoms with van der Waals surface area (Å²) in [7, 11) is 0. The number of hydrogen-bond acceptors (Lipinski definition) is 4. The molecule has 0 spiro atoms. The summed E-state index contributed by atoms with van der Waals surface area (Å²) in [6.07, 6.45) is 0.370. The van der Waals surface area contributed by atoms with Crippen molar-refractivity contribution in [1.29, 1.82) is 0 Å². The lowest BCUT2D eigenvalue weighted by atomic mass is 9.89. The van der Waals surface area contributed by atoms with Gasteiger partial charge in [0.2, 0.25) is 11.4 Å². The maximum Gasteiger partial charge on any atom is 0.340 e. The molecule has 0 aliphatic carbocycles. The lowest BCUT2D eigenvalue weighted by Gasteiger charge is -2.39. The smallest absolute Gasteiger partial charge is 0.340 e. The Kier molecular flexibility index (Phi) is 4.60. The molecule has 2 aromatic rings. The fraction of sp³-hybridized carbons (Fsp3) is 0.176. The van der Waals surface area contributed by atoms with Gasteiger partial charge in [0.25, 0.3) is 11.8 Å². The molecule has 27 heavy (non-hydrogen) atoms. The third kappa shape index (κ3) is 2.91. The van der Waals surface area contributed by atoms with Gasteiger partial charge in [-0.3, -0.25) is 19.3 Å². The van der Waals surface area contributed by atoms with Gasteiger partial charge in [-0.25, -0.2) is 9.18 Å². The van der Waals surface area contributed by atoms with Crippen molar-refractivity contribution in [3.05, 3.63) is 58.1 Å². The lowest BCUT2D eigenvalue weighted by molar-refractivity contribution is -0.161. The van der Waals surface area contributed by atoms with Gasteiger partial charge in [-0.05, 0) is 24.3 Å². The summed E-state index contributed by atoms with van der Waals surface area (Å²) in [5.74, 6) is -5.31. The number of imide groups is 1. The van der Waals surface area contributed by atoms with Gasteiger partial charge < -0.3 is 15.4 Å². The average molecular weight is 438 g/mol. The second-order valence-corrected chi connectivity index (χ2v) is 6.92. The third-order valence-corrected chi connectivity index (χ3v) is 4.84. The van der Waals surface area contributed by atoms with Gasteiger partial charge in [-0.15, -0.1) is 0 Å². The van der Waals surface area contributed by atoms with Crippen LogP contribution in [0.5, 0.6) is 0 Å². The monoisotopic (exact) mass is 437 g/mol. The zero-order valence-corrected chi connectivity index (χ0v) is 15.3. The molecule has 1 aromatic heterocycles. The van der Waals surface area contributed by atoms with Gasteiger partial charge in [0.1, 0.15) is 11.5 Å². The molecule has 1 aliphatic heterocycles. The van der Waals surface area contributed by atoms with E-state index in [1.165, 1.54) is 30.5 Å². The number of halogens is 2. The molecule has 2 heterocycles. The van der Waals surface area contributed by atoms with E-state index in [-0.39, 0.29) is 11.3 Å². The molecule has 0 radical (unpaired) electrons. The minimum Gasteiger partial charge on any atom is -0.479 e. The molecule has 3 amide bonds. The Balaban J connectivity index is 2.14. The zero-order chi connectivity index (χ0) is 19.9. The number of carboxylic acid groups (broad SMARTS) is 1. The van der Waals surface area contributed by atoms with Gasteiger partial charge in [-0.1, -0.05) is 22.0 Å². The molecule has 1 atom stereocenters. The van der Waals surface area contributed by atoms with E-state index >= 15 is 0 Å². The van der Waals surface area contributed by atoms with E-state index in [0.29, 0.717) is 9.37 Å². The average Bonchev–Trinajstić information content (AvgIpc) is 3.07. The number of primary amides is 1. The molecule has 3 N–H and O–H groups in total. The number of aromatic nitrogens is 1. The van der Waals surface area contributed by atoms with Gasteiger partial charge in [0, 0.05) is 16.2 Å². The van der Waals surface area contributed by atoms with Crippen molar-refractivity contribution in [1.82, 2.24) is 9.47 Å². The van der Waals surface area contributed by atoms with Crippen LogP contribution in [0.3, 0.4) is 0 Å². The molecule has 140 valence electrons.